The number of nitrogens with one attached hydrogen (secondary N) is 1. The van der Waals surface area contributed by atoms with E-state index in [1.807, 2.05) is 38.1 Å². The molecular weight excluding hydrogens is 310 g/mol. The Bertz CT molecular complexity index is 742. The molecule has 0 bridgehead atoms. The molecule has 1 amide bonds. The van der Waals surface area contributed by atoms with E-state index in [4.69, 9.17) is 9.84 Å². The van der Waals surface area contributed by atoms with E-state index in [2.05, 4.69) is 15.3 Å². The molecule has 0 radical (unpaired) electrons. The molecule has 0 unspecified atom stereocenters. The molecule has 0 saturated heterocycles. The number of hydrogen-bond donors (Lipinski definition) is 2. The predicted octanol–water partition coefficient (Wildman–Crippen LogP) is 1.89. The zero-order valence-corrected chi connectivity index (χ0v) is 13.7. The van der Waals surface area contributed by atoms with Gasteiger partial charge in [-0.1, -0.05) is 26.0 Å². The molecule has 0 saturated carbocycles. The molecule has 1 aromatic carbocycles. The van der Waals surface area contributed by atoms with Gasteiger partial charge in [-0.25, -0.2) is 14.8 Å². The molecule has 2 aromatic rings. The summed E-state index contributed by atoms with van der Waals surface area (Å²) in [6, 6.07) is 7.65. The van der Waals surface area contributed by atoms with Gasteiger partial charge in [0.2, 0.25) is 0 Å². The van der Waals surface area contributed by atoms with Crippen LogP contribution >= 0.6 is 0 Å². The molecular formula is C17H19N3O4. The van der Waals surface area contributed by atoms with Crippen molar-refractivity contribution in [1.29, 1.82) is 0 Å². The molecule has 2 N–H and O–H groups in total. The van der Waals surface area contributed by atoms with Crippen LogP contribution in [-0.4, -0.2) is 40.6 Å². The first-order valence-electron chi connectivity index (χ1n) is 7.31. The lowest BCUT2D eigenvalue weighted by atomic mass is 9.84. The van der Waals surface area contributed by atoms with Crippen molar-refractivity contribution in [3.05, 3.63) is 53.6 Å². The molecule has 0 aliphatic carbocycles. The number of carboxylic acids is 1. The molecule has 1 aromatic heterocycles. The number of carbonyl (C=O) groups is 2. The summed E-state index contributed by atoms with van der Waals surface area (Å²) in [5, 5.41) is 11.6. The maximum atomic E-state index is 12.1. The summed E-state index contributed by atoms with van der Waals surface area (Å²) >= 11 is 0. The third-order valence-electron chi connectivity index (χ3n) is 3.65. The Labute approximate surface area is 139 Å². The highest BCUT2D eigenvalue weighted by Crippen LogP contribution is 2.25. The number of nitrogens with zero attached hydrogens (tertiary/aromatic N) is 2. The van der Waals surface area contributed by atoms with E-state index in [1.165, 1.54) is 0 Å². The highest BCUT2D eigenvalue weighted by atomic mass is 16.5. The van der Waals surface area contributed by atoms with Crippen molar-refractivity contribution in [2.24, 2.45) is 0 Å². The van der Waals surface area contributed by atoms with Gasteiger partial charge in [-0.05, 0) is 17.7 Å². The fourth-order valence-electron chi connectivity index (χ4n) is 2.09. The lowest BCUT2D eigenvalue weighted by Crippen LogP contribution is -2.37. The van der Waals surface area contributed by atoms with Gasteiger partial charge in [0.05, 0.1) is 19.5 Å². The van der Waals surface area contributed by atoms with Crippen molar-refractivity contribution in [3.63, 3.8) is 0 Å². The Hall–Kier alpha value is -2.96. The quantitative estimate of drug-likeness (QED) is 0.839. The van der Waals surface area contributed by atoms with Gasteiger partial charge in [0.25, 0.3) is 5.91 Å². The third-order valence-corrected chi connectivity index (χ3v) is 3.65. The third kappa shape index (κ3) is 4.07. The van der Waals surface area contributed by atoms with Crippen LogP contribution in [0.3, 0.4) is 0 Å². The fourth-order valence-corrected chi connectivity index (χ4v) is 2.09. The first kappa shape index (κ1) is 17.4. The average molecular weight is 329 g/mol. The second-order valence-corrected chi connectivity index (χ2v) is 5.89. The van der Waals surface area contributed by atoms with Crippen molar-refractivity contribution in [2.75, 3.05) is 13.7 Å². The van der Waals surface area contributed by atoms with Gasteiger partial charge in [-0.3, -0.25) is 4.79 Å². The highest BCUT2D eigenvalue weighted by Gasteiger charge is 2.22. The van der Waals surface area contributed by atoms with E-state index in [1.54, 1.807) is 7.11 Å². The zero-order chi connectivity index (χ0) is 17.7. The molecule has 0 atom stereocenters. The summed E-state index contributed by atoms with van der Waals surface area (Å²) in [6.07, 6.45) is 2.21. The van der Waals surface area contributed by atoms with Crippen LogP contribution in [0.5, 0.6) is 5.75 Å². The Morgan fingerprint density at radius 3 is 2.46 bits per heavy atom. The summed E-state index contributed by atoms with van der Waals surface area (Å²) in [5.74, 6) is -0.842. The number of amides is 1. The van der Waals surface area contributed by atoms with Crippen molar-refractivity contribution in [1.82, 2.24) is 15.3 Å². The maximum Gasteiger partial charge on any atom is 0.356 e. The molecule has 0 aliphatic heterocycles. The summed E-state index contributed by atoms with van der Waals surface area (Å²) in [5.41, 5.74) is 0.567. The Kier molecular flexibility index (Phi) is 5.13. The molecule has 0 fully saturated rings. The molecule has 7 nitrogen and oxygen atoms in total. The number of carboxylic acid groups (broad SMARTS) is 1. The Morgan fingerprint density at radius 2 is 1.88 bits per heavy atom. The molecule has 1 heterocycles. The summed E-state index contributed by atoms with van der Waals surface area (Å²) in [7, 11) is 1.60. The number of carbonyl (C=O) groups excluding carboxylic acids is 1. The van der Waals surface area contributed by atoms with Crippen LogP contribution in [0, 0.1) is 0 Å². The van der Waals surface area contributed by atoms with Crippen LogP contribution < -0.4 is 10.1 Å². The van der Waals surface area contributed by atoms with Gasteiger partial charge in [0.1, 0.15) is 11.4 Å². The molecule has 0 spiro atoms. The largest absolute Gasteiger partial charge is 0.497 e. The summed E-state index contributed by atoms with van der Waals surface area (Å²) in [6.45, 7) is 4.38. The summed E-state index contributed by atoms with van der Waals surface area (Å²) in [4.78, 5) is 30.4. The number of aromatic nitrogens is 2. The molecule has 24 heavy (non-hydrogen) atoms. The fraction of sp³-hybridized carbons (Fsp3) is 0.294. The summed E-state index contributed by atoms with van der Waals surface area (Å²) < 4.78 is 5.22. The minimum Gasteiger partial charge on any atom is -0.497 e. The van der Waals surface area contributed by atoms with Gasteiger partial charge in [0.15, 0.2) is 5.69 Å². The molecule has 126 valence electrons. The number of benzene rings is 1. The first-order valence-corrected chi connectivity index (χ1v) is 7.31. The van der Waals surface area contributed by atoms with Gasteiger partial charge in [-0.15, -0.1) is 0 Å². The minimum absolute atomic E-state index is 0.0708. The highest BCUT2D eigenvalue weighted by molar-refractivity contribution is 5.92. The number of methoxy groups -OCH3 is 1. The first-order chi connectivity index (χ1) is 11.3. The molecule has 2 rings (SSSR count). The van der Waals surface area contributed by atoms with Crippen LogP contribution in [0.1, 0.15) is 40.4 Å². The van der Waals surface area contributed by atoms with E-state index in [0.29, 0.717) is 6.54 Å². The van der Waals surface area contributed by atoms with E-state index >= 15 is 0 Å². The van der Waals surface area contributed by atoms with Crippen molar-refractivity contribution in [3.8, 4) is 5.75 Å². The van der Waals surface area contributed by atoms with Crippen molar-refractivity contribution in [2.45, 2.75) is 19.3 Å². The number of rotatable bonds is 6. The number of ether oxygens (including phenoxy) is 1. The van der Waals surface area contributed by atoms with E-state index in [9.17, 15) is 9.59 Å². The standard InChI is InChI=1S/C17H19N3O4/c1-17(2,11-5-4-6-12(7-11)24-3)10-20-15(21)13-8-19-14(9-18-13)16(22)23/h4-9H,10H2,1-3H3,(H,20,21)(H,22,23). The lowest BCUT2D eigenvalue weighted by Gasteiger charge is -2.26. The van der Waals surface area contributed by atoms with Crippen LogP contribution in [0.15, 0.2) is 36.7 Å². The van der Waals surface area contributed by atoms with Gasteiger partial charge < -0.3 is 15.2 Å². The number of aromatic carboxylic acids is 1. The second-order valence-electron chi connectivity index (χ2n) is 5.89. The van der Waals surface area contributed by atoms with Gasteiger partial charge in [0, 0.05) is 12.0 Å². The second kappa shape index (κ2) is 7.08. The smallest absolute Gasteiger partial charge is 0.356 e. The average Bonchev–Trinajstić information content (AvgIpc) is 2.60. The van der Waals surface area contributed by atoms with Gasteiger partial charge in [-0.2, -0.15) is 0 Å². The van der Waals surface area contributed by atoms with E-state index in [-0.39, 0.29) is 16.8 Å². The van der Waals surface area contributed by atoms with Crippen LogP contribution in [0.25, 0.3) is 0 Å². The lowest BCUT2D eigenvalue weighted by molar-refractivity contribution is 0.0689. The van der Waals surface area contributed by atoms with Crippen LogP contribution in [0.2, 0.25) is 0 Å². The van der Waals surface area contributed by atoms with E-state index in [0.717, 1.165) is 23.7 Å². The SMILES string of the molecule is COc1cccc(C(C)(C)CNC(=O)c2cnc(C(=O)O)cn2)c1. The van der Waals surface area contributed by atoms with Crippen molar-refractivity contribution < 1.29 is 19.4 Å². The topological polar surface area (TPSA) is 101 Å². The van der Waals surface area contributed by atoms with Crippen LogP contribution in [-0.2, 0) is 5.41 Å². The number of hydrogen-bond acceptors (Lipinski definition) is 5. The normalized spacial score (nSPS) is 11.0. The monoisotopic (exact) mass is 329 g/mol. The van der Waals surface area contributed by atoms with E-state index < -0.39 is 11.9 Å². The minimum atomic E-state index is -1.19. The van der Waals surface area contributed by atoms with Gasteiger partial charge >= 0.3 is 5.97 Å². The Morgan fingerprint density at radius 1 is 1.21 bits per heavy atom. The van der Waals surface area contributed by atoms with Crippen LogP contribution in [0.4, 0.5) is 0 Å². The maximum absolute atomic E-state index is 12.1. The zero-order valence-electron chi connectivity index (χ0n) is 13.7. The molecule has 7 heteroatoms. The molecule has 0 aliphatic rings. The van der Waals surface area contributed by atoms with Crippen molar-refractivity contribution >= 4 is 11.9 Å². The Balaban J connectivity index is 2.05. The predicted molar refractivity (Wildman–Crippen MR) is 87.3 cm³/mol.